The van der Waals surface area contributed by atoms with Gasteiger partial charge >= 0.3 is 6.18 Å². The van der Waals surface area contributed by atoms with Crippen LogP contribution < -0.4 is 4.74 Å². The molecule has 1 nitrogen and oxygen atoms in total. The summed E-state index contributed by atoms with van der Waals surface area (Å²) in [4.78, 5) is 0. The number of hydrogen-bond donors (Lipinski definition) is 0. The molecular weight excluding hydrogens is 356 g/mol. The highest BCUT2D eigenvalue weighted by Gasteiger charge is 2.30. The molecule has 2 aromatic rings. The first-order valence-electron chi connectivity index (χ1n) is 5.06. The van der Waals surface area contributed by atoms with Gasteiger partial charge in [-0.05, 0) is 65.1 Å². The Bertz CT molecular complexity index is 535. The van der Waals surface area contributed by atoms with E-state index in [1.807, 2.05) is 12.1 Å². The van der Waals surface area contributed by atoms with E-state index in [4.69, 9.17) is 4.74 Å². The molecule has 2 aromatic carbocycles. The standard InChI is InChI=1S/C13H8F3IO/c14-13(15,16)9-2-1-3-12(8-9)18-11-6-4-10(17)5-7-11/h1-8H. The molecular formula is C13H8F3IO. The van der Waals surface area contributed by atoms with Crippen molar-refractivity contribution in [3.63, 3.8) is 0 Å². The largest absolute Gasteiger partial charge is 0.457 e. The Morgan fingerprint density at radius 2 is 1.56 bits per heavy atom. The summed E-state index contributed by atoms with van der Waals surface area (Å²) in [5.74, 6) is 0.681. The van der Waals surface area contributed by atoms with Crippen molar-refractivity contribution in [2.45, 2.75) is 6.18 Å². The number of alkyl halides is 3. The molecule has 0 aliphatic rings. The Kier molecular flexibility index (Phi) is 3.79. The minimum atomic E-state index is -4.36. The van der Waals surface area contributed by atoms with Crippen LogP contribution in [0.15, 0.2) is 48.5 Å². The van der Waals surface area contributed by atoms with Crippen molar-refractivity contribution in [2.24, 2.45) is 0 Å². The fourth-order valence-corrected chi connectivity index (χ4v) is 1.73. The molecule has 0 saturated heterocycles. The first-order valence-corrected chi connectivity index (χ1v) is 6.14. The van der Waals surface area contributed by atoms with E-state index >= 15 is 0 Å². The van der Waals surface area contributed by atoms with E-state index in [1.54, 1.807) is 12.1 Å². The summed E-state index contributed by atoms with van der Waals surface area (Å²) in [6.07, 6.45) is -4.36. The van der Waals surface area contributed by atoms with Crippen LogP contribution in [0.4, 0.5) is 13.2 Å². The highest BCUT2D eigenvalue weighted by Crippen LogP contribution is 2.32. The monoisotopic (exact) mass is 364 g/mol. The van der Waals surface area contributed by atoms with Crippen LogP contribution >= 0.6 is 22.6 Å². The zero-order valence-corrected chi connectivity index (χ0v) is 11.2. The second-order valence-corrected chi connectivity index (χ2v) is 4.83. The van der Waals surface area contributed by atoms with E-state index in [0.29, 0.717) is 5.75 Å². The molecule has 0 N–H and O–H groups in total. The van der Waals surface area contributed by atoms with Crippen LogP contribution in [0.5, 0.6) is 11.5 Å². The zero-order valence-electron chi connectivity index (χ0n) is 9.04. The third kappa shape index (κ3) is 3.38. The van der Waals surface area contributed by atoms with Crippen LogP contribution in [0.3, 0.4) is 0 Å². The lowest BCUT2D eigenvalue weighted by Gasteiger charge is -2.09. The zero-order chi connectivity index (χ0) is 13.2. The molecule has 0 aromatic heterocycles. The maximum atomic E-state index is 12.5. The van der Waals surface area contributed by atoms with Crippen LogP contribution in [0.2, 0.25) is 0 Å². The van der Waals surface area contributed by atoms with E-state index in [0.717, 1.165) is 15.7 Å². The SMILES string of the molecule is FC(F)(F)c1cccc(Oc2ccc(I)cc2)c1. The fraction of sp³-hybridized carbons (Fsp3) is 0.0769. The molecule has 18 heavy (non-hydrogen) atoms. The van der Waals surface area contributed by atoms with E-state index < -0.39 is 11.7 Å². The number of ether oxygens (including phenoxy) is 1. The van der Waals surface area contributed by atoms with Crippen molar-refractivity contribution in [3.8, 4) is 11.5 Å². The van der Waals surface area contributed by atoms with Crippen molar-refractivity contribution >= 4 is 22.6 Å². The number of rotatable bonds is 2. The quantitative estimate of drug-likeness (QED) is 0.674. The lowest BCUT2D eigenvalue weighted by molar-refractivity contribution is -0.137. The van der Waals surface area contributed by atoms with Gasteiger partial charge < -0.3 is 4.74 Å². The molecule has 0 bridgehead atoms. The summed E-state index contributed by atoms with van der Waals surface area (Å²) in [6.45, 7) is 0. The average molecular weight is 364 g/mol. The van der Waals surface area contributed by atoms with Crippen LogP contribution in [-0.2, 0) is 6.18 Å². The van der Waals surface area contributed by atoms with E-state index in [2.05, 4.69) is 22.6 Å². The molecule has 0 aliphatic carbocycles. The van der Waals surface area contributed by atoms with Crippen LogP contribution in [0.1, 0.15) is 5.56 Å². The van der Waals surface area contributed by atoms with Crippen LogP contribution in [0, 0.1) is 3.57 Å². The molecule has 0 saturated carbocycles. The van der Waals surface area contributed by atoms with Gasteiger partial charge in [-0.1, -0.05) is 6.07 Å². The Morgan fingerprint density at radius 1 is 0.889 bits per heavy atom. The Labute approximate surface area is 116 Å². The van der Waals surface area contributed by atoms with Gasteiger partial charge in [-0.2, -0.15) is 13.2 Å². The summed E-state index contributed by atoms with van der Waals surface area (Å²) in [5.41, 5.74) is -0.717. The molecule has 0 amide bonds. The number of halogens is 4. The lowest BCUT2D eigenvalue weighted by Crippen LogP contribution is -2.04. The Balaban J connectivity index is 2.22. The molecule has 5 heteroatoms. The summed E-state index contributed by atoms with van der Waals surface area (Å²) in [5, 5.41) is 0. The molecule has 0 unspecified atom stereocenters. The van der Waals surface area contributed by atoms with Crippen molar-refractivity contribution < 1.29 is 17.9 Å². The van der Waals surface area contributed by atoms with Crippen molar-refractivity contribution in [2.75, 3.05) is 0 Å². The second kappa shape index (κ2) is 5.17. The third-order valence-electron chi connectivity index (χ3n) is 2.21. The second-order valence-electron chi connectivity index (χ2n) is 3.58. The molecule has 0 fully saturated rings. The smallest absolute Gasteiger partial charge is 0.416 e. The van der Waals surface area contributed by atoms with Gasteiger partial charge in [0.25, 0.3) is 0 Å². The first-order chi connectivity index (χ1) is 8.45. The molecule has 0 spiro atoms. The fourth-order valence-electron chi connectivity index (χ4n) is 1.37. The minimum absolute atomic E-state index is 0.172. The highest BCUT2D eigenvalue weighted by molar-refractivity contribution is 14.1. The van der Waals surface area contributed by atoms with Crippen molar-refractivity contribution in [1.82, 2.24) is 0 Å². The normalized spacial score (nSPS) is 11.3. The Morgan fingerprint density at radius 3 is 2.17 bits per heavy atom. The highest BCUT2D eigenvalue weighted by atomic mass is 127. The van der Waals surface area contributed by atoms with Gasteiger partial charge in [-0.15, -0.1) is 0 Å². The Hall–Kier alpha value is -1.24. The van der Waals surface area contributed by atoms with Crippen molar-refractivity contribution in [3.05, 3.63) is 57.7 Å². The van der Waals surface area contributed by atoms with E-state index in [1.165, 1.54) is 12.1 Å². The molecule has 0 aliphatic heterocycles. The van der Waals surface area contributed by atoms with Crippen LogP contribution in [-0.4, -0.2) is 0 Å². The number of benzene rings is 2. The van der Waals surface area contributed by atoms with Gasteiger partial charge in [0.2, 0.25) is 0 Å². The van der Waals surface area contributed by atoms with Gasteiger partial charge in [0, 0.05) is 3.57 Å². The lowest BCUT2D eigenvalue weighted by atomic mass is 10.2. The van der Waals surface area contributed by atoms with Gasteiger partial charge in [-0.3, -0.25) is 0 Å². The van der Waals surface area contributed by atoms with E-state index in [9.17, 15) is 13.2 Å². The average Bonchev–Trinajstić information content (AvgIpc) is 2.31. The van der Waals surface area contributed by atoms with E-state index in [-0.39, 0.29) is 5.75 Å². The van der Waals surface area contributed by atoms with Gasteiger partial charge in [0.1, 0.15) is 11.5 Å². The molecule has 0 radical (unpaired) electrons. The summed E-state index contributed by atoms with van der Waals surface area (Å²) < 4.78 is 43.9. The summed E-state index contributed by atoms with van der Waals surface area (Å²) in [6, 6.07) is 11.9. The predicted molar refractivity (Wildman–Crippen MR) is 70.7 cm³/mol. The van der Waals surface area contributed by atoms with Gasteiger partial charge in [0.05, 0.1) is 5.56 Å². The maximum absolute atomic E-state index is 12.5. The van der Waals surface area contributed by atoms with Crippen molar-refractivity contribution in [1.29, 1.82) is 0 Å². The predicted octanol–water partition coefficient (Wildman–Crippen LogP) is 5.10. The van der Waals surface area contributed by atoms with Gasteiger partial charge in [-0.25, -0.2) is 0 Å². The summed E-state index contributed by atoms with van der Waals surface area (Å²) in [7, 11) is 0. The molecule has 2 rings (SSSR count). The molecule has 0 atom stereocenters. The molecule has 94 valence electrons. The van der Waals surface area contributed by atoms with Gasteiger partial charge in [0.15, 0.2) is 0 Å². The molecule has 0 heterocycles. The third-order valence-corrected chi connectivity index (χ3v) is 2.93. The minimum Gasteiger partial charge on any atom is -0.457 e. The maximum Gasteiger partial charge on any atom is 0.416 e. The topological polar surface area (TPSA) is 9.23 Å². The number of hydrogen-bond acceptors (Lipinski definition) is 1. The summed E-state index contributed by atoms with van der Waals surface area (Å²) >= 11 is 2.14. The van der Waals surface area contributed by atoms with Crippen LogP contribution in [0.25, 0.3) is 0 Å². The first kappa shape index (κ1) is 13.2.